The van der Waals surface area contributed by atoms with Gasteiger partial charge in [-0.3, -0.25) is 9.59 Å². The summed E-state index contributed by atoms with van der Waals surface area (Å²) in [4.78, 5) is 27.5. The molecule has 0 spiro atoms. The first-order valence-corrected chi connectivity index (χ1v) is 8.08. The molecular formula is C15H17BrN2O2. The summed E-state index contributed by atoms with van der Waals surface area (Å²) < 4.78 is 0. The molecule has 5 heteroatoms. The molecular weight excluding hydrogens is 320 g/mol. The fourth-order valence-corrected chi connectivity index (χ4v) is 3.32. The number of amides is 2. The summed E-state index contributed by atoms with van der Waals surface area (Å²) in [5.41, 5.74) is 1.80. The first-order chi connectivity index (χ1) is 9.69. The Hall–Kier alpha value is -1.36. The maximum Gasteiger partial charge on any atom is 0.227 e. The molecule has 2 fully saturated rings. The predicted molar refractivity (Wildman–Crippen MR) is 82.3 cm³/mol. The van der Waals surface area contributed by atoms with E-state index in [1.54, 1.807) is 0 Å². The third-order valence-corrected chi connectivity index (χ3v) is 4.87. The Balaban J connectivity index is 1.84. The van der Waals surface area contributed by atoms with Crippen molar-refractivity contribution >= 4 is 39.1 Å². The van der Waals surface area contributed by atoms with Gasteiger partial charge in [-0.05, 0) is 30.5 Å². The summed E-state index contributed by atoms with van der Waals surface area (Å²) in [6.07, 6.45) is 2.13. The van der Waals surface area contributed by atoms with Gasteiger partial charge in [-0.15, -0.1) is 0 Å². The quantitative estimate of drug-likeness (QED) is 0.796. The number of benzene rings is 1. The number of anilines is 2. The number of carbonyl (C=O) groups excluding carboxylic acids is 2. The molecule has 2 heterocycles. The van der Waals surface area contributed by atoms with E-state index >= 15 is 0 Å². The molecule has 2 aliphatic heterocycles. The lowest BCUT2D eigenvalue weighted by atomic mass is 10.2. The van der Waals surface area contributed by atoms with Gasteiger partial charge in [-0.1, -0.05) is 22.0 Å². The minimum atomic E-state index is 0.166. The van der Waals surface area contributed by atoms with Crippen LogP contribution in [0.25, 0.3) is 0 Å². The number of hydrogen-bond acceptors (Lipinski definition) is 2. The van der Waals surface area contributed by atoms with Gasteiger partial charge in [0.2, 0.25) is 11.8 Å². The number of carbonyl (C=O) groups is 2. The van der Waals surface area contributed by atoms with Crippen LogP contribution in [0, 0.1) is 5.92 Å². The molecule has 1 aromatic rings. The maximum absolute atomic E-state index is 12.1. The van der Waals surface area contributed by atoms with Crippen LogP contribution in [0.15, 0.2) is 24.3 Å². The minimum absolute atomic E-state index is 0.166. The van der Waals surface area contributed by atoms with Crippen LogP contribution in [0.2, 0.25) is 0 Å². The molecule has 3 rings (SSSR count). The van der Waals surface area contributed by atoms with Crippen LogP contribution in [0.4, 0.5) is 11.4 Å². The fourth-order valence-electron chi connectivity index (χ4n) is 2.88. The second-order valence-corrected chi connectivity index (χ2v) is 6.05. The van der Waals surface area contributed by atoms with Gasteiger partial charge in [0.1, 0.15) is 0 Å². The zero-order chi connectivity index (χ0) is 14.1. The molecule has 1 unspecified atom stereocenters. The van der Waals surface area contributed by atoms with Crippen molar-refractivity contribution in [1.82, 2.24) is 0 Å². The molecule has 106 valence electrons. The first-order valence-electron chi connectivity index (χ1n) is 6.96. The minimum Gasteiger partial charge on any atom is -0.312 e. The average molecular weight is 337 g/mol. The van der Waals surface area contributed by atoms with Crippen LogP contribution in [-0.2, 0) is 9.59 Å². The highest BCUT2D eigenvalue weighted by molar-refractivity contribution is 9.09. The molecule has 0 N–H and O–H groups in total. The van der Waals surface area contributed by atoms with E-state index < -0.39 is 0 Å². The lowest BCUT2D eigenvalue weighted by molar-refractivity contribution is -0.117. The van der Waals surface area contributed by atoms with Crippen molar-refractivity contribution in [1.29, 1.82) is 0 Å². The molecule has 2 aliphatic rings. The number of halogens is 1. The highest BCUT2D eigenvalue weighted by Crippen LogP contribution is 2.30. The third kappa shape index (κ3) is 2.46. The Morgan fingerprint density at radius 1 is 1.15 bits per heavy atom. The summed E-state index contributed by atoms with van der Waals surface area (Å²) >= 11 is 3.45. The molecule has 1 aromatic carbocycles. The second kappa shape index (κ2) is 5.56. The Morgan fingerprint density at radius 3 is 2.50 bits per heavy atom. The van der Waals surface area contributed by atoms with E-state index in [-0.39, 0.29) is 11.8 Å². The zero-order valence-corrected chi connectivity index (χ0v) is 12.8. The largest absolute Gasteiger partial charge is 0.312 e. The topological polar surface area (TPSA) is 40.6 Å². The van der Waals surface area contributed by atoms with E-state index in [4.69, 9.17) is 0 Å². The Kier molecular flexibility index (Phi) is 3.78. The molecule has 0 radical (unpaired) electrons. The smallest absolute Gasteiger partial charge is 0.227 e. The van der Waals surface area contributed by atoms with Crippen molar-refractivity contribution in [3.05, 3.63) is 24.3 Å². The number of rotatable bonds is 3. The molecule has 20 heavy (non-hydrogen) atoms. The molecule has 0 aliphatic carbocycles. The first kappa shape index (κ1) is 13.6. The third-order valence-electron chi connectivity index (χ3n) is 3.95. The number of alkyl halides is 1. The van der Waals surface area contributed by atoms with Gasteiger partial charge in [0.05, 0.1) is 0 Å². The van der Waals surface area contributed by atoms with Crippen molar-refractivity contribution in [3.8, 4) is 0 Å². The van der Waals surface area contributed by atoms with E-state index in [0.717, 1.165) is 36.2 Å². The molecule has 0 aromatic heterocycles. The zero-order valence-electron chi connectivity index (χ0n) is 11.2. The summed E-state index contributed by atoms with van der Waals surface area (Å²) in [5.74, 6) is 0.715. The molecule has 0 bridgehead atoms. The molecule has 0 saturated carbocycles. The lowest BCUT2D eigenvalue weighted by Gasteiger charge is -2.21. The summed E-state index contributed by atoms with van der Waals surface area (Å²) in [6, 6.07) is 7.76. The Morgan fingerprint density at radius 2 is 1.90 bits per heavy atom. The summed E-state index contributed by atoms with van der Waals surface area (Å²) in [6.45, 7) is 1.53. The number of hydrogen-bond donors (Lipinski definition) is 0. The van der Waals surface area contributed by atoms with Crippen molar-refractivity contribution in [2.24, 2.45) is 5.92 Å². The second-order valence-electron chi connectivity index (χ2n) is 5.40. The van der Waals surface area contributed by atoms with Crippen LogP contribution in [-0.4, -0.2) is 30.2 Å². The summed E-state index contributed by atoms with van der Waals surface area (Å²) in [7, 11) is 0. The van der Waals surface area contributed by atoms with E-state index in [0.29, 0.717) is 18.8 Å². The van der Waals surface area contributed by atoms with Gasteiger partial charge in [-0.25, -0.2) is 0 Å². The lowest BCUT2D eigenvalue weighted by Crippen LogP contribution is -2.26. The highest BCUT2D eigenvalue weighted by Gasteiger charge is 2.30. The van der Waals surface area contributed by atoms with Gasteiger partial charge in [0, 0.05) is 42.6 Å². The van der Waals surface area contributed by atoms with E-state index in [9.17, 15) is 9.59 Å². The predicted octanol–water partition coefficient (Wildman–Crippen LogP) is 2.56. The van der Waals surface area contributed by atoms with Gasteiger partial charge in [-0.2, -0.15) is 0 Å². The van der Waals surface area contributed by atoms with Crippen LogP contribution in [0.3, 0.4) is 0 Å². The van der Waals surface area contributed by atoms with Gasteiger partial charge in [0.25, 0.3) is 0 Å². The van der Waals surface area contributed by atoms with Crippen LogP contribution in [0.5, 0.6) is 0 Å². The molecule has 4 nitrogen and oxygen atoms in total. The summed E-state index contributed by atoms with van der Waals surface area (Å²) in [5, 5.41) is 0.847. The molecule has 2 amide bonds. The van der Waals surface area contributed by atoms with Crippen molar-refractivity contribution < 1.29 is 9.59 Å². The van der Waals surface area contributed by atoms with Gasteiger partial charge < -0.3 is 9.80 Å². The van der Waals surface area contributed by atoms with Crippen LogP contribution in [0.1, 0.15) is 19.3 Å². The van der Waals surface area contributed by atoms with E-state index in [1.807, 2.05) is 34.1 Å². The highest BCUT2D eigenvalue weighted by atomic mass is 79.9. The maximum atomic E-state index is 12.1. The van der Waals surface area contributed by atoms with Crippen LogP contribution < -0.4 is 9.80 Å². The SMILES string of the molecule is O=C1CCCN1c1cccc(N2CC(CBr)CC2=O)c1. The molecule has 1 atom stereocenters. The normalized spacial score (nSPS) is 22.9. The van der Waals surface area contributed by atoms with Crippen molar-refractivity contribution in [2.75, 3.05) is 28.2 Å². The van der Waals surface area contributed by atoms with Gasteiger partial charge in [0.15, 0.2) is 0 Å². The van der Waals surface area contributed by atoms with Gasteiger partial charge >= 0.3 is 0 Å². The Bertz CT molecular complexity index is 546. The van der Waals surface area contributed by atoms with Crippen molar-refractivity contribution in [3.63, 3.8) is 0 Å². The molecule has 2 saturated heterocycles. The van der Waals surface area contributed by atoms with E-state index in [2.05, 4.69) is 15.9 Å². The number of nitrogens with zero attached hydrogens (tertiary/aromatic N) is 2. The Labute approximate surface area is 126 Å². The average Bonchev–Trinajstić information content (AvgIpc) is 3.05. The van der Waals surface area contributed by atoms with Crippen molar-refractivity contribution in [2.45, 2.75) is 19.3 Å². The van der Waals surface area contributed by atoms with Crippen LogP contribution >= 0.6 is 15.9 Å². The monoisotopic (exact) mass is 336 g/mol. The van der Waals surface area contributed by atoms with E-state index in [1.165, 1.54) is 0 Å². The standard InChI is InChI=1S/C15H17BrN2O2/c16-9-11-7-15(20)18(10-11)13-4-1-3-12(8-13)17-6-2-5-14(17)19/h1,3-4,8,11H,2,5-7,9-10H2. The fraction of sp³-hybridized carbons (Fsp3) is 0.467.